The molecule has 0 aromatic heterocycles. The molecule has 0 aliphatic carbocycles. The van der Waals surface area contributed by atoms with Crippen LogP contribution in [0.2, 0.25) is 0 Å². The van der Waals surface area contributed by atoms with Gasteiger partial charge in [0.1, 0.15) is 17.4 Å². The Balaban J connectivity index is 1.96. The predicted molar refractivity (Wildman–Crippen MR) is 68.9 cm³/mol. The van der Waals surface area contributed by atoms with E-state index in [1.165, 1.54) is 29.7 Å². The molecule has 1 saturated heterocycles. The molecule has 1 aromatic rings. The fourth-order valence-corrected chi connectivity index (χ4v) is 3.27. The average molecular weight is 251 g/mol. The Labute approximate surface area is 106 Å². The second-order valence-electron chi connectivity index (χ2n) is 4.45. The lowest BCUT2D eigenvalue weighted by atomic mass is 9.96. The maximum atomic E-state index is 5.61. The smallest absolute Gasteiger partial charge is 0.138 e. The molecule has 3 nitrogen and oxygen atoms in total. The van der Waals surface area contributed by atoms with Gasteiger partial charge in [-0.15, -0.1) is 0 Å². The molecule has 1 fully saturated rings. The maximum absolute atomic E-state index is 5.61. The molecular weight excluding hydrogens is 234 g/mol. The summed E-state index contributed by atoms with van der Waals surface area (Å²) in [6.07, 6.45) is 3.74. The van der Waals surface area contributed by atoms with Crippen molar-refractivity contribution in [3.05, 3.63) is 17.7 Å². The Bertz CT molecular complexity index is 416. The molecule has 17 heavy (non-hydrogen) atoms. The molecule has 2 aliphatic heterocycles. The zero-order chi connectivity index (χ0) is 11.7. The Kier molecular flexibility index (Phi) is 3.16. The minimum atomic E-state index is 0.415. The van der Waals surface area contributed by atoms with Crippen molar-refractivity contribution in [2.24, 2.45) is 0 Å². The zero-order valence-corrected chi connectivity index (χ0v) is 10.8. The molecule has 0 radical (unpaired) electrons. The van der Waals surface area contributed by atoms with Crippen molar-refractivity contribution < 1.29 is 9.47 Å². The number of piperidine rings is 1. The quantitative estimate of drug-likeness (QED) is 0.875. The Hall–Kier alpha value is -0.870. The molecule has 2 heterocycles. The van der Waals surface area contributed by atoms with E-state index in [2.05, 4.69) is 17.4 Å². The largest absolute Gasteiger partial charge is 0.496 e. The number of ether oxygens (including phenoxy) is 2. The number of rotatable bonds is 2. The van der Waals surface area contributed by atoms with Crippen LogP contribution >= 0.6 is 11.8 Å². The van der Waals surface area contributed by atoms with E-state index in [1.54, 1.807) is 18.9 Å². The molecule has 0 bridgehead atoms. The van der Waals surface area contributed by atoms with Crippen LogP contribution in [0.25, 0.3) is 0 Å². The van der Waals surface area contributed by atoms with Crippen molar-refractivity contribution in [3.8, 4) is 11.5 Å². The molecule has 1 unspecified atom stereocenters. The number of hydrogen-bond acceptors (Lipinski definition) is 4. The number of benzene rings is 1. The van der Waals surface area contributed by atoms with Gasteiger partial charge in [0.25, 0.3) is 0 Å². The van der Waals surface area contributed by atoms with Crippen LogP contribution in [0.4, 0.5) is 0 Å². The van der Waals surface area contributed by atoms with Gasteiger partial charge in [-0.1, -0.05) is 18.2 Å². The Morgan fingerprint density at radius 1 is 1.41 bits per heavy atom. The number of hydrogen-bond donors (Lipinski definition) is 1. The third kappa shape index (κ3) is 2.11. The minimum absolute atomic E-state index is 0.415. The van der Waals surface area contributed by atoms with E-state index in [0.717, 1.165) is 24.0 Å². The molecule has 1 aromatic carbocycles. The lowest BCUT2D eigenvalue weighted by Crippen LogP contribution is -2.27. The third-order valence-electron chi connectivity index (χ3n) is 3.41. The van der Waals surface area contributed by atoms with Crippen LogP contribution in [0.3, 0.4) is 0 Å². The van der Waals surface area contributed by atoms with E-state index < -0.39 is 0 Å². The first-order chi connectivity index (χ1) is 8.38. The fourth-order valence-electron chi connectivity index (χ4n) is 2.51. The zero-order valence-electron chi connectivity index (χ0n) is 9.99. The van der Waals surface area contributed by atoms with Crippen molar-refractivity contribution in [1.82, 2.24) is 5.32 Å². The van der Waals surface area contributed by atoms with Gasteiger partial charge in [-0.25, -0.2) is 0 Å². The molecular formula is C13H17NO2S. The monoisotopic (exact) mass is 251 g/mol. The van der Waals surface area contributed by atoms with Crippen molar-refractivity contribution in [1.29, 1.82) is 0 Å². The minimum Gasteiger partial charge on any atom is -0.496 e. The van der Waals surface area contributed by atoms with Gasteiger partial charge in [-0.2, -0.15) is 0 Å². The average Bonchev–Trinajstić information content (AvgIpc) is 2.85. The van der Waals surface area contributed by atoms with Gasteiger partial charge in [-0.3, -0.25) is 0 Å². The summed E-state index contributed by atoms with van der Waals surface area (Å²) < 4.78 is 11.1. The highest BCUT2D eigenvalue weighted by molar-refractivity contribution is 7.99. The van der Waals surface area contributed by atoms with Crippen LogP contribution < -0.4 is 14.8 Å². The molecule has 0 saturated carbocycles. The highest BCUT2D eigenvalue weighted by Crippen LogP contribution is 2.43. The predicted octanol–water partition coefficient (Wildman–Crippen LogP) is 2.95. The standard InChI is InChI=1S/C13H17NO2S/c1-15-11-7-13-12(16-8-17-13)6-9(11)10-4-2-3-5-14-10/h6-7,10,14H,2-5,8H2,1H3. The van der Waals surface area contributed by atoms with Crippen molar-refractivity contribution in [2.45, 2.75) is 30.2 Å². The van der Waals surface area contributed by atoms with Crippen LogP contribution in [0.1, 0.15) is 30.9 Å². The molecule has 0 amide bonds. The van der Waals surface area contributed by atoms with Crippen molar-refractivity contribution >= 4 is 11.8 Å². The lowest BCUT2D eigenvalue weighted by Gasteiger charge is -2.25. The van der Waals surface area contributed by atoms with Crippen molar-refractivity contribution in [2.75, 3.05) is 19.6 Å². The van der Waals surface area contributed by atoms with Crippen LogP contribution in [0.5, 0.6) is 11.5 Å². The number of fused-ring (bicyclic) bond motifs is 1. The third-order valence-corrected chi connectivity index (χ3v) is 4.28. The fraction of sp³-hybridized carbons (Fsp3) is 0.538. The Morgan fingerprint density at radius 2 is 2.35 bits per heavy atom. The van der Waals surface area contributed by atoms with Crippen LogP contribution in [-0.4, -0.2) is 19.6 Å². The van der Waals surface area contributed by atoms with Gasteiger partial charge < -0.3 is 14.8 Å². The van der Waals surface area contributed by atoms with Crippen LogP contribution in [0, 0.1) is 0 Å². The van der Waals surface area contributed by atoms with Crippen molar-refractivity contribution in [3.63, 3.8) is 0 Å². The van der Waals surface area contributed by atoms with E-state index in [4.69, 9.17) is 9.47 Å². The second-order valence-corrected chi connectivity index (χ2v) is 5.41. The van der Waals surface area contributed by atoms with E-state index >= 15 is 0 Å². The summed E-state index contributed by atoms with van der Waals surface area (Å²) in [7, 11) is 1.74. The highest BCUT2D eigenvalue weighted by Gasteiger charge is 2.23. The summed E-state index contributed by atoms with van der Waals surface area (Å²) in [4.78, 5) is 1.20. The molecule has 4 heteroatoms. The topological polar surface area (TPSA) is 30.5 Å². The van der Waals surface area contributed by atoms with Crippen LogP contribution in [-0.2, 0) is 0 Å². The second kappa shape index (κ2) is 4.78. The van der Waals surface area contributed by atoms with E-state index in [0.29, 0.717) is 6.04 Å². The summed E-state index contributed by atoms with van der Waals surface area (Å²) in [5.41, 5.74) is 1.24. The summed E-state index contributed by atoms with van der Waals surface area (Å²) in [5, 5.41) is 3.56. The summed E-state index contributed by atoms with van der Waals surface area (Å²) in [6, 6.07) is 4.67. The van der Waals surface area contributed by atoms with Crippen LogP contribution in [0.15, 0.2) is 17.0 Å². The summed E-state index contributed by atoms with van der Waals surface area (Å²) in [6.45, 7) is 1.10. The van der Waals surface area contributed by atoms with Gasteiger partial charge >= 0.3 is 0 Å². The summed E-state index contributed by atoms with van der Waals surface area (Å²) in [5.74, 6) is 2.72. The normalized spacial score (nSPS) is 23.0. The Morgan fingerprint density at radius 3 is 3.12 bits per heavy atom. The SMILES string of the molecule is COc1cc2c(cc1C1CCCCN1)OCS2. The lowest BCUT2D eigenvalue weighted by molar-refractivity contribution is 0.364. The molecule has 3 rings (SSSR count). The first-order valence-electron chi connectivity index (χ1n) is 6.09. The number of thioether (sulfide) groups is 1. The molecule has 0 spiro atoms. The number of methoxy groups -OCH3 is 1. The first-order valence-corrected chi connectivity index (χ1v) is 7.08. The molecule has 1 atom stereocenters. The van der Waals surface area contributed by atoms with Gasteiger partial charge in [0, 0.05) is 11.6 Å². The van der Waals surface area contributed by atoms with Gasteiger partial charge in [0.2, 0.25) is 0 Å². The van der Waals surface area contributed by atoms with Gasteiger partial charge in [-0.05, 0) is 31.5 Å². The molecule has 92 valence electrons. The van der Waals surface area contributed by atoms with Gasteiger partial charge in [0.05, 0.1) is 12.0 Å². The summed E-state index contributed by atoms with van der Waals surface area (Å²) >= 11 is 1.73. The van der Waals surface area contributed by atoms with E-state index in [9.17, 15) is 0 Å². The molecule has 1 N–H and O–H groups in total. The van der Waals surface area contributed by atoms with Gasteiger partial charge in [0.15, 0.2) is 0 Å². The van der Waals surface area contributed by atoms with E-state index in [1.807, 2.05) is 0 Å². The number of nitrogens with one attached hydrogen (secondary N) is 1. The van der Waals surface area contributed by atoms with E-state index in [-0.39, 0.29) is 0 Å². The maximum Gasteiger partial charge on any atom is 0.138 e. The molecule has 2 aliphatic rings. The first kappa shape index (κ1) is 11.2. The highest BCUT2D eigenvalue weighted by atomic mass is 32.2.